The van der Waals surface area contributed by atoms with Crippen molar-refractivity contribution in [2.45, 2.75) is 38.8 Å². The summed E-state index contributed by atoms with van der Waals surface area (Å²) < 4.78 is 26.8. The number of fused-ring (bicyclic) bond motifs is 1. The zero-order valence-electron chi connectivity index (χ0n) is 14.1. The lowest BCUT2D eigenvalue weighted by atomic mass is 10.00. The zero-order chi connectivity index (χ0) is 17.4. The van der Waals surface area contributed by atoms with E-state index >= 15 is 0 Å². The molecule has 0 radical (unpaired) electrons. The van der Waals surface area contributed by atoms with Crippen LogP contribution in [0.15, 0.2) is 23.4 Å². The summed E-state index contributed by atoms with van der Waals surface area (Å²) >= 11 is 0. The lowest BCUT2D eigenvalue weighted by molar-refractivity contribution is 0.0488. The van der Waals surface area contributed by atoms with Crippen molar-refractivity contribution in [3.8, 4) is 11.3 Å². The number of halogens is 2. The first-order valence-corrected chi connectivity index (χ1v) is 8.59. The van der Waals surface area contributed by atoms with Crippen molar-refractivity contribution in [2.75, 3.05) is 13.1 Å². The highest BCUT2D eigenvalue weighted by Gasteiger charge is 2.27. The summed E-state index contributed by atoms with van der Waals surface area (Å²) in [5, 5.41) is 11.5. The van der Waals surface area contributed by atoms with Crippen molar-refractivity contribution < 1.29 is 13.6 Å². The van der Waals surface area contributed by atoms with E-state index in [-0.39, 0.29) is 6.10 Å². The molecule has 0 saturated carbocycles. The summed E-state index contributed by atoms with van der Waals surface area (Å²) in [4.78, 5) is 7.81. The molecule has 0 spiro atoms. The van der Waals surface area contributed by atoms with Gasteiger partial charge < -0.3 is 4.84 Å². The number of rotatable bonds is 4. The van der Waals surface area contributed by atoms with Crippen LogP contribution in [0.1, 0.15) is 31.0 Å². The van der Waals surface area contributed by atoms with Gasteiger partial charge in [-0.2, -0.15) is 5.10 Å². The fraction of sp³-hybridized carbons (Fsp3) is 0.444. The fourth-order valence-corrected chi connectivity index (χ4v) is 3.47. The minimum absolute atomic E-state index is 0.0927. The Kier molecular flexibility index (Phi) is 4.25. The van der Waals surface area contributed by atoms with Crippen LogP contribution in [0, 0.1) is 11.6 Å². The van der Waals surface area contributed by atoms with Gasteiger partial charge in [0.1, 0.15) is 6.10 Å². The Morgan fingerprint density at radius 1 is 1.32 bits per heavy atom. The zero-order valence-corrected chi connectivity index (χ0v) is 14.1. The third kappa shape index (κ3) is 3.16. The van der Waals surface area contributed by atoms with Gasteiger partial charge in [-0.25, -0.2) is 8.78 Å². The Morgan fingerprint density at radius 3 is 2.96 bits per heavy atom. The number of benzene rings is 1. The molecule has 1 unspecified atom stereocenters. The Morgan fingerprint density at radius 2 is 2.20 bits per heavy atom. The third-order valence-electron chi connectivity index (χ3n) is 4.87. The van der Waals surface area contributed by atoms with Gasteiger partial charge in [-0.15, -0.1) is 0 Å². The maximum absolute atomic E-state index is 13.6. The molecule has 1 aromatic carbocycles. The monoisotopic (exact) mass is 346 g/mol. The second-order valence-corrected chi connectivity index (χ2v) is 6.59. The van der Waals surface area contributed by atoms with E-state index in [1.807, 2.05) is 0 Å². The van der Waals surface area contributed by atoms with Gasteiger partial charge in [0.05, 0.1) is 11.4 Å². The smallest absolute Gasteiger partial charge is 0.159 e. The quantitative estimate of drug-likeness (QED) is 0.924. The normalized spacial score (nSPS) is 20.3. The van der Waals surface area contributed by atoms with E-state index in [2.05, 4.69) is 27.2 Å². The van der Waals surface area contributed by atoms with Crippen LogP contribution in [0.2, 0.25) is 0 Å². The van der Waals surface area contributed by atoms with E-state index in [1.165, 1.54) is 6.07 Å². The van der Waals surface area contributed by atoms with Crippen LogP contribution in [0.5, 0.6) is 0 Å². The first-order valence-electron chi connectivity index (χ1n) is 8.59. The molecule has 132 valence electrons. The highest BCUT2D eigenvalue weighted by atomic mass is 19.2. The molecule has 0 aliphatic carbocycles. The van der Waals surface area contributed by atoms with Gasteiger partial charge in [0.25, 0.3) is 0 Å². The maximum Gasteiger partial charge on any atom is 0.159 e. The topological polar surface area (TPSA) is 53.5 Å². The van der Waals surface area contributed by atoms with Crippen LogP contribution in [0.25, 0.3) is 11.3 Å². The molecule has 0 saturated heterocycles. The summed E-state index contributed by atoms with van der Waals surface area (Å²) in [6.07, 6.45) is 2.74. The SMILES string of the molecule is CCC1=NOC(CN2CCc3[nH]nc(-c4ccc(F)c(F)c4)c3C2)C1. The molecule has 1 N–H and O–H groups in total. The number of hydrogen-bond donors (Lipinski definition) is 1. The van der Waals surface area contributed by atoms with Gasteiger partial charge in [-0.1, -0.05) is 12.1 Å². The van der Waals surface area contributed by atoms with Crippen molar-refractivity contribution in [3.63, 3.8) is 0 Å². The molecule has 1 aromatic heterocycles. The summed E-state index contributed by atoms with van der Waals surface area (Å²) in [5.74, 6) is -1.70. The maximum atomic E-state index is 13.6. The molecule has 3 heterocycles. The second kappa shape index (κ2) is 6.55. The molecular weight excluding hydrogens is 326 g/mol. The Hall–Kier alpha value is -2.28. The molecular formula is C18H20F2N4O. The number of nitrogens with zero attached hydrogens (tertiary/aromatic N) is 3. The number of oxime groups is 1. The van der Waals surface area contributed by atoms with Gasteiger partial charge in [0, 0.05) is 49.3 Å². The van der Waals surface area contributed by atoms with E-state index in [4.69, 9.17) is 4.84 Å². The number of hydrogen-bond acceptors (Lipinski definition) is 4. The van der Waals surface area contributed by atoms with Crippen molar-refractivity contribution in [2.24, 2.45) is 5.16 Å². The van der Waals surface area contributed by atoms with Crippen molar-refractivity contribution in [3.05, 3.63) is 41.1 Å². The predicted octanol–water partition coefficient (Wildman–Crippen LogP) is 3.27. The molecule has 4 rings (SSSR count). The predicted molar refractivity (Wildman–Crippen MR) is 90.1 cm³/mol. The van der Waals surface area contributed by atoms with Crippen molar-refractivity contribution in [1.82, 2.24) is 15.1 Å². The molecule has 2 aliphatic rings. The molecule has 0 amide bonds. The molecule has 25 heavy (non-hydrogen) atoms. The van der Waals surface area contributed by atoms with Crippen molar-refractivity contribution in [1.29, 1.82) is 0 Å². The van der Waals surface area contributed by atoms with E-state index < -0.39 is 11.6 Å². The molecule has 1 atom stereocenters. The summed E-state index contributed by atoms with van der Waals surface area (Å²) in [5.41, 5.74) is 4.50. The van der Waals surface area contributed by atoms with E-state index in [1.54, 1.807) is 6.07 Å². The van der Waals surface area contributed by atoms with E-state index in [0.29, 0.717) is 17.8 Å². The minimum atomic E-state index is -0.856. The first kappa shape index (κ1) is 16.2. The van der Waals surface area contributed by atoms with Crippen LogP contribution in [0.4, 0.5) is 8.78 Å². The Bertz CT molecular complexity index is 817. The standard InChI is InChI=1S/C18H20F2N4O/c1-2-12-8-13(25-23-12)9-24-6-5-17-14(10-24)18(22-21-17)11-3-4-15(19)16(20)7-11/h3-4,7,13H,2,5-6,8-10H2,1H3,(H,21,22). The lowest BCUT2D eigenvalue weighted by Gasteiger charge is -2.28. The number of aromatic nitrogens is 2. The Labute approximate surface area is 144 Å². The van der Waals surface area contributed by atoms with Crippen molar-refractivity contribution >= 4 is 5.71 Å². The summed E-state index contributed by atoms with van der Waals surface area (Å²) in [6.45, 7) is 4.50. The number of nitrogens with one attached hydrogen (secondary N) is 1. The first-order chi connectivity index (χ1) is 12.1. The molecule has 2 aliphatic heterocycles. The average Bonchev–Trinajstić information content (AvgIpc) is 3.24. The van der Waals surface area contributed by atoms with Crippen LogP contribution in [-0.2, 0) is 17.8 Å². The third-order valence-corrected chi connectivity index (χ3v) is 4.87. The molecule has 2 aromatic rings. The highest BCUT2D eigenvalue weighted by Crippen LogP contribution is 2.29. The van der Waals surface area contributed by atoms with Gasteiger partial charge >= 0.3 is 0 Å². The van der Waals surface area contributed by atoms with Gasteiger partial charge in [-0.05, 0) is 24.6 Å². The Balaban J connectivity index is 1.51. The number of aromatic amines is 1. The van der Waals surface area contributed by atoms with Gasteiger partial charge in [0.2, 0.25) is 0 Å². The van der Waals surface area contributed by atoms with Crippen LogP contribution in [0.3, 0.4) is 0 Å². The molecule has 5 nitrogen and oxygen atoms in total. The van der Waals surface area contributed by atoms with E-state index in [0.717, 1.165) is 55.4 Å². The van der Waals surface area contributed by atoms with Crippen LogP contribution < -0.4 is 0 Å². The van der Waals surface area contributed by atoms with Crippen LogP contribution in [-0.4, -0.2) is 40.0 Å². The van der Waals surface area contributed by atoms with Gasteiger partial charge in [-0.3, -0.25) is 10.00 Å². The van der Waals surface area contributed by atoms with E-state index in [9.17, 15) is 8.78 Å². The molecule has 0 bridgehead atoms. The molecule has 7 heteroatoms. The van der Waals surface area contributed by atoms with Crippen LogP contribution >= 0.6 is 0 Å². The second-order valence-electron chi connectivity index (χ2n) is 6.59. The lowest BCUT2D eigenvalue weighted by Crippen LogP contribution is -2.36. The average molecular weight is 346 g/mol. The minimum Gasteiger partial charge on any atom is -0.391 e. The fourth-order valence-electron chi connectivity index (χ4n) is 3.47. The highest BCUT2D eigenvalue weighted by molar-refractivity contribution is 5.85. The summed E-state index contributed by atoms with van der Waals surface area (Å²) in [7, 11) is 0. The number of H-pyrrole nitrogens is 1. The largest absolute Gasteiger partial charge is 0.391 e. The molecule has 0 fully saturated rings. The van der Waals surface area contributed by atoms with Gasteiger partial charge in [0.15, 0.2) is 11.6 Å². The summed E-state index contributed by atoms with van der Waals surface area (Å²) in [6, 6.07) is 3.91.